The van der Waals surface area contributed by atoms with E-state index in [2.05, 4.69) is 10.1 Å². The van der Waals surface area contributed by atoms with E-state index in [0.717, 1.165) is 22.5 Å². The molecule has 0 aliphatic heterocycles. The number of hydrogen-bond donors (Lipinski definition) is 3. The molecule has 35 heavy (non-hydrogen) atoms. The average Bonchev–Trinajstić information content (AvgIpc) is 2.76. The standard InChI is InChI=1S/C20H24N2O10S3/c1-4-33(24,25)22(2)17-10-8-15(19(12-17)35(29,30)31)6-5-14-7-9-16(21-20(23)13-32-3)11-18(14)34(26,27)28/h5-12H,4,13H2,1-3H3,(H,21,23)(H,26,27,28)(H,29,30,31). The first-order valence-electron chi connectivity index (χ1n) is 9.76. The summed E-state index contributed by atoms with van der Waals surface area (Å²) in [5, 5.41) is 2.39. The molecule has 12 nitrogen and oxygen atoms in total. The van der Waals surface area contributed by atoms with Gasteiger partial charge in [-0.1, -0.05) is 24.3 Å². The second kappa shape index (κ2) is 10.8. The molecule has 0 heterocycles. The molecule has 2 rings (SSSR count). The molecule has 0 atom stereocenters. The summed E-state index contributed by atoms with van der Waals surface area (Å²) in [6.45, 7) is 1.12. The Morgan fingerprint density at radius 3 is 1.94 bits per heavy atom. The Morgan fingerprint density at radius 1 is 0.943 bits per heavy atom. The van der Waals surface area contributed by atoms with Gasteiger partial charge in [-0.05, 0) is 42.3 Å². The lowest BCUT2D eigenvalue weighted by molar-refractivity contribution is -0.119. The van der Waals surface area contributed by atoms with E-state index in [4.69, 9.17) is 0 Å². The SMILES string of the molecule is CCS(=O)(=O)N(C)c1ccc(C=Cc2ccc(NC(=O)COC)cc2S(=O)(=O)O)c(S(=O)(=O)O)c1. The van der Waals surface area contributed by atoms with Crippen molar-refractivity contribution in [1.82, 2.24) is 0 Å². The number of benzene rings is 2. The van der Waals surface area contributed by atoms with Crippen LogP contribution in [0.25, 0.3) is 12.2 Å². The molecule has 0 aliphatic carbocycles. The third-order valence-corrected chi connectivity index (χ3v) is 8.31. The van der Waals surface area contributed by atoms with Gasteiger partial charge in [-0.25, -0.2) is 8.42 Å². The van der Waals surface area contributed by atoms with Gasteiger partial charge >= 0.3 is 0 Å². The van der Waals surface area contributed by atoms with Crippen LogP contribution in [0.15, 0.2) is 46.2 Å². The minimum atomic E-state index is -4.81. The van der Waals surface area contributed by atoms with Crippen molar-refractivity contribution >= 4 is 59.7 Å². The number of amides is 1. The summed E-state index contributed by atoms with van der Waals surface area (Å²) in [7, 11) is -10.8. The molecule has 1 amide bonds. The zero-order valence-corrected chi connectivity index (χ0v) is 21.3. The zero-order valence-electron chi connectivity index (χ0n) is 18.9. The van der Waals surface area contributed by atoms with Gasteiger partial charge in [0.15, 0.2) is 0 Å². The number of sulfonamides is 1. The van der Waals surface area contributed by atoms with Crippen LogP contribution >= 0.6 is 0 Å². The lowest BCUT2D eigenvalue weighted by Gasteiger charge is -2.19. The molecule has 0 aromatic heterocycles. The molecule has 0 aliphatic rings. The number of nitrogens with zero attached hydrogens (tertiary/aromatic N) is 1. The van der Waals surface area contributed by atoms with Crippen LogP contribution < -0.4 is 9.62 Å². The van der Waals surface area contributed by atoms with Gasteiger partial charge in [0, 0.05) is 19.8 Å². The van der Waals surface area contributed by atoms with Crippen LogP contribution in [0.2, 0.25) is 0 Å². The summed E-state index contributed by atoms with van der Waals surface area (Å²) in [5.41, 5.74) is -0.114. The summed E-state index contributed by atoms with van der Waals surface area (Å²) in [6.07, 6.45) is 2.33. The van der Waals surface area contributed by atoms with Crippen LogP contribution in [-0.4, -0.2) is 66.8 Å². The Bertz CT molecular complexity index is 1460. The van der Waals surface area contributed by atoms with Crippen LogP contribution in [0, 0.1) is 0 Å². The summed E-state index contributed by atoms with van der Waals surface area (Å²) in [6, 6.07) is 7.09. The third kappa shape index (κ3) is 7.33. The molecule has 0 spiro atoms. The van der Waals surface area contributed by atoms with Crippen LogP contribution in [-0.2, 0) is 39.8 Å². The first kappa shape index (κ1) is 28.4. The van der Waals surface area contributed by atoms with E-state index >= 15 is 0 Å². The van der Waals surface area contributed by atoms with Crippen LogP contribution in [0.1, 0.15) is 18.1 Å². The minimum Gasteiger partial charge on any atom is -0.375 e. The second-order valence-electron chi connectivity index (χ2n) is 7.11. The Balaban J connectivity index is 2.56. The summed E-state index contributed by atoms with van der Waals surface area (Å²) in [5.74, 6) is -0.808. The number of carbonyl (C=O) groups excluding carboxylic acids is 1. The van der Waals surface area contributed by atoms with E-state index < -0.39 is 46.0 Å². The van der Waals surface area contributed by atoms with Crippen molar-refractivity contribution in [2.75, 3.05) is 36.1 Å². The van der Waals surface area contributed by atoms with Gasteiger partial charge in [-0.2, -0.15) is 16.8 Å². The van der Waals surface area contributed by atoms with Crippen molar-refractivity contribution in [1.29, 1.82) is 0 Å². The topological polar surface area (TPSA) is 184 Å². The monoisotopic (exact) mass is 548 g/mol. The van der Waals surface area contributed by atoms with Gasteiger partial charge in [0.1, 0.15) is 16.4 Å². The maximum atomic E-state index is 12.1. The van der Waals surface area contributed by atoms with Gasteiger partial charge < -0.3 is 10.1 Å². The highest BCUT2D eigenvalue weighted by atomic mass is 32.2. The van der Waals surface area contributed by atoms with Crippen LogP contribution in [0.5, 0.6) is 0 Å². The van der Waals surface area contributed by atoms with E-state index in [1.165, 1.54) is 51.4 Å². The third-order valence-electron chi connectivity index (χ3n) is 4.71. The lowest BCUT2D eigenvalue weighted by atomic mass is 10.1. The van der Waals surface area contributed by atoms with E-state index in [1.807, 2.05) is 0 Å². The van der Waals surface area contributed by atoms with Gasteiger partial charge in [0.2, 0.25) is 15.9 Å². The molecule has 0 radical (unpaired) electrons. The summed E-state index contributed by atoms with van der Waals surface area (Å²) >= 11 is 0. The quantitative estimate of drug-likeness (QED) is 0.292. The van der Waals surface area contributed by atoms with Crippen molar-refractivity contribution in [3.8, 4) is 0 Å². The van der Waals surface area contributed by atoms with E-state index in [9.17, 15) is 39.2 Å². The highest BCUT2D eigenvalue weighted by molar-refractivity contribution is 7.92. The fourth-order valence-electron chi connectivity index (χ4n) is 2.92. The number of rotatable bonds is 10. The number of methoxy groups -OCH3 is 1. The molecule has 0 unspecified atom stereocenters. The fraction of sp³-hybridized carbons (Fsp3) is 0.250. The van der Waals surface area contributed by atoms with Crippen molar-refractivity contribution in [3.05, 3.63) is 47.5 Å². The molecule has 15 heteroatoms. The maximum Gasteiger partial charge on any atom is 0.295 e. The Morgan fingerprint density at radius 2 is 1.46 bits per heavy atom. The van der Waals surface area contributed by atoms with E-state index in [-0.39, 0.29) is 34.9 Å². The molecule has 192 valence electrons. The first-order valence-corrected chi connectivity index (χ1v) is 14.3. The Hall–Kier alpha value is -2.82. The average molecular weight is 549 g/mol. The van der Waals surface area contributed by atoms with Gasteiger partial charge in [-0.3, -0.25) is 18.2 Å². The molecule has 0 bridgehead atoms. The minimum absolute atomic E-state index is 0.0218. The summed E-state index contributed by atoms with van der Waals surface area (Å²) in [4.78, 5) is 10.5. The predicted molar refractivity (Wildman–Crippen MR) is 130 cm³/mol. The highest BCUT2D eigenvalue weighted by Gasteiger charge is 2.21. The number of hydrogen-bond acceptors (Lipinski definition) is 8. The van der Waals surface area contributed by atoms with Gasteiger partial charge in [0.05, 0.1) is 11.4 Å². The van der Waals surface area contributed by atoms with E-state index in [0.29, 0.717) is 0 Å². The molecule has 2 aromatic carbocycles. The Kier molecular flexibility index (Phi) is 8.80. The van der Waals surface area contributed by atoms with Crippen molar-refractivity contribution in [2.24, 2.45) is 0 Å². The molecule has 0 fully saturated rings. The van der Waals surface area contributed by atoms with Gasteiger partial charge in [-0.15, -0.1) is 0 Å². The Labute approximate surface area is 203 Å². The van der Waals surface area contributed by atoms with Crippen LogP contribution in [0.4, 0.5) is 11.4 Å². The summed E-state index contributed by atoms with van der Waals surface area (Å²) < 4.78 is 96.7. The van der Waals surface area contributed by atoms with E-state index in [1.54, 1.807) is 0 Å². The lowest BCUT2D eigenvalue weighted by Crippen LogP contribution is -2.28. The number of carbonyl (C=O) groups is 1. The number of anilines is 2. The van der Waals surface area contributed by atoms with Crippen LogP contribution in [0.3, 0.4) is 0 Å². The number of nitrogens with one attached hydrogen (secondary N) is 1. The molecule has 0 saturated heterocycles. The fourth-order valence-corrected chi connectivity index (χ4v) is 5.15. The van der Waals surface area contributed by atoms with Crippen molar-refractivity contribution in [3.63, 3.8) is 0 Å². The zero-order chi connectivity index (χ0) is 26.6. The molecule has 2 aromatic rings. The smallest absolute Gasteiger partial charge is 0.295 e. The first-order chi connectivity index (χ1) is 16.1. The van der Waals surface area contributed by atoms with Gasteiger partial charge in [0.25, 0.3) is 20.2 Å². The van der Waals surface area contributed by atoms with Crippen molar-refractivity contribution < 1.29 is 43.9 Å². The molecular formula is C20H24N2O10S3. The molecule has 3 N–H and O–H groups in total. The maximum absolute atomic E-state index is 12.1. The molecule has 0 saturated carbocycles. The number of ether oxygens (including phenoxy) is 1. The highest BCUT2D eigenvalue weighted by Crippen LogP contribution is 2.28. The normalized spacial score (nSPS) is 12.6. The predicted octanol–water partition coefficient (Wildman–Crippen LogP) is 1.72. The molecular weight excluding hydrogens is 524 g/mol. The van der Waals surface area contributed by atoms with Crippen molar-refractivity contribution in [2.45, 2.75) is 16.7 Å². The largest absolute Gasteiger partial charge is 0.375 e. The second-order valence-corrected chi connectivity index (χ2v) is 12.2.